The van der Waals surface area contributed by atoms with Gasteiger partial charge in [-0.1, -0.05) is 21.1 Å². The lowest BCUT2D eigenvalue weighted by Gasteiger charge is -2.10. The molecule has 1 N–H and O–H groups in total. The monoisotopic (exact) mass is 246 g/mol. The highest BCUT2D eigenvalue weighted by molar-refractivity contribution is 9.09. The number of aromatic nitrogens is 1. The summed E-state index contributed by atoms with van der Waals surface area (Å²) in [6.45, 7) is 1.94. The molecule has 0 bridgehead atoms. The number of carbonyl (C=O) groups is 1. The van der Waals surface area contributed by atoms with Gasteiger partial charge in [0.2, 0.25) is 0 Å². The number of hydrogen-bond donors (Lipinski definition) is 1. The first-order chi connectivity index (χ1) is 6.24. The van der Waals surface area contributed by atoms with E-state index >= 15 is 0 Å². The fraction of sp³-hybridized carbons (Fsp3) is 0.500. The number of halogens is 1. The average Bonchev–Trinajstić information content (AvgIpc) is 2.55. The van der Waals surface area contributed by atoms with E-state index in [4.69, 9.17) is 0 Å². The lowest BCUT2D eigenvalue weighted by atomic mass is 10.2. The summed E-state index contributed by atoms with van der Waals surface area (Å²) in [7, 11) is 0. The largest absolute Gasteiger partial charge is 0.364 e. The molecule has 1 heterocycles. The van der Waals surface area contributed by atoms with Gasteiger partial charge in [0.15, 0.2) is 5.69 Å². The number of rotatable bonds is 4. The molecule has 0 saturated heterocycles. The molecule has 1 aromatic rings. The lowest BCUT2D eigenvalue weighted by Crippen LogP contribution is -2.32. The Bertz CT molecular complexity index is 261. The molecule has 1 aromatic heterocycles. The van der Waals surface area contributed by atoms with Crippen LogP contribution in [0.4, 0.5) is 0 Å². The minimum Gasteiger partial charge on any atom is -0.364 e. The summed E-state index contributed by atoms with van der Waals surface area (Å²) < 4.78 is 4.56. The molecule has 0 fully saturated rings. The fourth-order valence-electron chi connectivity index (χ4n) is 0.863. The Morgan fingerprint density at radius 3 is 3.15 bits per heavy atom. The van der Waals surface area contributed by atoms with Crippen molar-refractivity contribution in [3.63, 3.8) is 0 Å². The van der Waals surface area contributed by atoms with Gasteiger partial charge in [-0.25, -0.2) is 0 Å². The van der Waals surface area contributed by atoms with Crippen molar-refractivity contribution in [1.29, 1.82) is 0 Å². The molecule has 0 aliphatic heterocycles. The molecule has 0 aliphatic carbocycles. The van der Waals surface area contributed by atoms with Crippen LogP contribution >= 0.6 is 15.9 Å². The molecule has 4 nitrogen and oxygen atoms in total. The van der Waals surface area contributed by atoms with Gasteiger partial charge >= 0.3 is 0 Å². The van der Waals surface area contributed by atoms with Crippen LogP contribution in [0.2, 0.25) is 0 Å². The molecule has 0 radical (unpaired) electrons. The molecule has 1 amide bonds. The summed E-state index contributed by atoms with van der Waals surface area (Å²) in [4.78, 5) is 11.3. The van der Waals surface area contributed by atoms with Crippen LogP contribution < -0.4 is 5.32 Å². The van der Waals surface area contributed by atoms with Crippen molar-refractivity contribution < 1.29 is 9.32 Å². The topological polar surface area (TPSA) is 55.1 Å². The Balaban J connectivity index is 2.42. The van der Waals surface area contributed by atoms with Gasteiger partial charge in [0, 0.05) is 17.4 Å². The van der Waals surface area contributed by atoms with E-state index in [1.165, 1.54) is 12.3 Å². The van der Waals surface area contributed by atoms with Gasteiger partial charge in [-0.05, 0) is 13.3 Å². The van der Waals surface area contributed by atoms with Gasteiger partial charge in [-0.3, -0.25) is 4.79 Å². The third-order valence-corrected chi connectivity index (χ3v) is 2.05. The molecule has 0 saturated carbocycles. The van der Waals surface area contributed by atoms with Crippen LogP contribution in [0.5, 0.6) is 0 Å². The Morgan fingerprint density at radius 2 is 2.62 bits per heavy atom. The van der Waals surface area contributed by atoms with Gasteiger partial charge in [-0.2, -0.15) is 0 Å². The number of hydrogen-bond acceptors (Lipinski definition) is 3. The molecule has 0 aromatic carbocycles. The van der Waals surface area contributed by atoms with Crippen LogP contribution in [0.15, 0.2) is 16.9 Å². The molecule has 72 valence electrons. The van der Waals surface area contributed by atoms with E-state index in [0.717, 1.165) is 11.8 Å². The van der Waals surface area contributed by atoms with Crippen molar-refractivity contribution >= 4 is 21.8 Å². The Hall–Kier alpha value is -0.840. The zero-order chi connectivity index (χ0) is 9.68. The van der Waals surface area contributed by atoms with Gasteiger partial charge in [0.05, 0.1) is 0 Å². The van der Waals surface area contributed by atoms with Crippen LogP contribution in [-0.4, -0.2) is 22.4 Å². The van der Waals surface area contributed by atoms with E-state index in [-0.39, 0.29) is 11.9 Å². The van der Waals surface area contributed by atoms with Crippen LogP contribution in [0.25, 0.3) is 0 Å². The van der Waals surface area contributed by atoms with Crippen molar-refractivity contribution in [3.8, 4) is 0 Å². The van der Waals surface area contributed by atoms with Gasteiger partial charge in [0.1, 0.15) is 6.26 Å². The molecule has 1 unspecified atom stereocenters. The quantitative estimate of drug-likeness (QED) is 0.822. The third-order valence-electron chi connectivity index (χ3n) is 1.59. The summed E-state index contributed by atoms with van der Waals surface area (Å²) in [5.74, 6) is -0.192. The van der Waals surface area contributed by atoms with Crippen LogP contribution in [0.3, 0.4) is 0 Å². The smallest absolute Gasteiger partial charge is 0.273 e. The number of amides is 1. The highest BCUT2D eigenvalue weighted by Gasteiger charge is 2.11. The molecule has 13 heavy (non-hydrogen) atoms. The summed E-state index contributed by atoms with van der Waals surface area (Å²) in [5, 5.41) is 7.19. The zero-order valence-corrected chi connectivity index (χ0v) is 8.87. The van der Waals surface area contributed by atoms with E-state index in [2.05, 4.69) is 30.9 Å². The molecular formula is C8H11BrN2O2. The Labute approximate surface area is 84.8 Å². The molecule has 0 aliphatic rings. The maximum atomic E-state index is 11.3. The minimum absolute atomic E-state index is 0.142. The summed E-state index contributed by atoms with van der Waals surface area (Å²) in [6.07, 6.45) is 2.27. The van der Waals surface area contributed by atoms with E-state index in [1.807, 2.05) is 6.92 Å². The first-order valence-corrected chi connectivity index (χ1v) is 5.13. The summed E-state index contributed by atoms with van der Waals surface area (Å²) >= 11 is 3.30. The minimum atomic E-state index is -0.192. The second kappa shape index (κ2) is 5.01. The number of alkyl halides is 1. The zero-order valence-electron chi connectivity index (χ0n) is 7.29. The average molecular weight is 247 g/mol. The van der Waals surface area contributed by atoms with E-state index in [1.54, 1.807) is 0 Å². The summed E-state index contributed by atoms with van der Waals surface area (Å²) in [6, 6.07) is 1.68. The van der Waals surface area contributed by atoms with Crippen LogP contribution in [-0.2, 0) is 0 Å². The Kier molecular flexibility index (Phi) is 3.95. The van der Waals surface area contributed by atoms with Crippen molar-refractivity contribution in [3.05, 3.63) is 18.0 Å². The first kappa shape index (κ1) is 10.2. The number of nitrogens with one attached hydrogen (secondary N) is 1. The molecule has 1 atom stereocenters. The predicted octanol–water partition coefficient (Wildman–Crippen LogP) is 1.58. The molecule has 0 spiro atoms. The fourth-order valence-corrected chi connectivity index (χ4v) is 1.55. The lowest BCUT2D eigenvalue weighted by molar-refractivity contribution is 0.0930. The number of nitrogens with zero attached hydrogens (tertiary/aromatic N) is 1. The number of carbonyl (C=O) groups excluding carboxylic acids is 1. The normalized spacial score (nSPS) is 12.5. The third kappa shape index (κ3) is 3.18. The van der Waals surface area contributed by atoms with Gasteiger partial charge in [0.25, 0.3) is 5.91 Å². The van der Waals surface area contributed by atoms with Crippen molar-refractivity contribution in [2.75, 3.05) is 5.33 Å². The van der Waals surface area contributed by atoms with Crippen molar-refractivity contribution in [2.45, 2.75) is 19.4 Å². The highest BCUT2D eigenvalue weighted by Crippen LogP contribution is 1.98. The maximum absolute atomic E-state index is 11.3. The first-order valence-electron chi connectivity index (χ1n) is 4.01. The van der Waals surface area contributed by atoms with E-state index < -0.39 is 0 Å². The molecule has 5 heteroatoms. The van der Waals surface area contributed by atoms with Crippen LogP contribution in [0, 0.1) is 0 Å². The molecule has 1 rings (SSSR count). The predicted molar refractivity (Wildman–Crippen MR) is 51.8 cm³/mol. The van der Waals surface area contributed by atoms with Gasteiger partial charge in [-0.15, -0.1) is 0 Å². The maximum Gasteiger partial charge on any atom is 0.273 e. The van der Waals surface area contributed by atoms with E-state index in [9.17, 15) is 4.79 Å². The van der Waals surface area contributed by atoms with Crippen molar-refractivity contribution in [2.24, 2.45) is 0 Å². The standard InChI is InChI=1S/C8H11BrN2O2/c1-6(2-4-9)10-8(12)7-3-5-13-11-7/h3,5-6H,2,4H2,1H3,(H,10,12). The second-order valence-corrected chi connectivity index (χ2v) is 3.53. The highest BCUT2D eigenvalue weighted by atomic mass is 79.9. The van der Waals surface area contributed by atoms with Gasteiger partial charge < -0.3 is 9.84 Å². The molecular weight excluding hydrogens is 236 g/mol. The van der Waals surface area contributed by atoms with E-state index in [0.29, 0.717) is 5.69 Å². The Morgan fingerprint density at radius 1 is 1.85 bits per heavy atom. The summed E-state index contributed by atoms with van der Waals surface area (Å²) in [5.41, 5.74) is 0.321. The van der Waals surface area contributed by atoms with Crippen LogP contribution in [0.1, 0.15) is 23.8 Å². The van der Waals surface area contributed by atoms with Crippen molar-refractivity contribution in [1.82, 2.24) is 10.5 Å². The SMILES string of the molecule is CC(CCBr)NC(=O)c1ccon1. The second-order valence-electron chi connectivity index (χ2n) is 2.74.